The molecule has 1 aromatic rings. The Kier molecular flexibility index (Phi) is 4.37. The number of nitro groups is 1. The average Bonchev–Trinajstić information content (AvgIpc) is 2.91. The van der Waals surface area contributed by atoms with Crippen LogP contribution in [0.25, 0.3) is 0 Å². The van der Waals surface area contributed by atoms with Crippen LogP contribution in [0.1, 0.15) is 23.7 Å². The van der Waals surface area contributed by atoms with Crippen LogP contribution in [0.3, 0.4) is 0 Å². The van der Waals surface area contributed by atoms with Gasteiger partial charge in [0, 0.05) is 26.8 Å². The molecule has 1 amide bonds. The van der Waals surface area contributed by atoms with Crippen LogP contribution in [-0.4, -0.2) is 53.6 Å². The van der Waals surface area contributed by atoms with Crippen molar-refractivity contribution in [3.63, 3.8) is 0 Å². The van der Waals surface area contributed by atoms with E-state index in [1.165, 1.54) is 6.07 Å². The molecule has 21 heavy (non-hydrogen) atoms. The molecule has 8 nitrogen and oxygen atoms in total. The van der Waals surface area contributed by atoms with Crippen molar-refractivity contribution < 1.29 is 14.5 Å². The molecule has 0 saturated carbocycles. The Morgan fingerprint density at radius 3 is 2.86 bits per heavy atom. The van der Waals surface area contributed by atoms with Gasteiger partial charge in [-0.15, -0.1) is 0 Å². The number of hydrogen-bond acceptors (Lipinski definition) is 6. The van der Waals surface area contributed by atoms with Gasteiger partial charge in [-0.25, -0.2) is 4.98 Å². The first-order chi connectivity index (χ1) is 9.95. The Balaban J connectivity index is 2.32. The first-order valence-electron chi connectivity index (χ1n) is 6.66. The van der Waals surface area contributed by atoms with Crippen molar-refractivity contribution in [1.29, 1.82) is 0 Å². The molecule has 0 bridgehead atoms. The van der Waals surface area contributed by atoms with Crippen LogP contribution >= 0.6 is 0 Å². The molecule has 1 N–H and O–H groups in total. The Hall–Kier alpha value is -2.22. The minimum Gasteiger partial charge on any atom is -0.376 e. The molecule has 0 aliphatic carbocycles. The maximum Gasteiger partial charge on any atom is 0.288 e. The lowest BCUT2D eigenvalue weighted by atomic mass is 10.1. The molecule has 1 aromatic heterocycles. The summed E-state index contributed by atoms with van der Waals surface area (Å²) in [5.41, 5.74) is -0.0187. The summed E-state index contributed by atoms with van der Waals surface area (Å²) in [6.07, 6.45) is 1.83. The molecular formula is C13H18N4O4. The minimum atomic E-state index is -0.565. The summed E-state index contributed by atoms with van der Waals surface area (Å²) in [6, 6.07) is 1.21. The molecule has 8 heteroatoms. The summed E-state index contributed by atoms with van der Waals surface area (Å²) in [7, 11) is 3.29. The number of pyridine rings is 1. The number of anilines is 1. The zero-order valence-corrected chi connectivity index (χ0v) is 12.2. The fraction of sp³-hybridized carbons (Fsp3) is 0.538. The van der Waals surface area contributed by atoms with E-state index in [2.05, 4.69) is 10.3 Å². The zero-order chi connectivity index (χ0) is 15.6. The maximum atomic E-state index is 12.6. The highest BCUT2D eigenvalue weighted by Gasteiger charge is 2.32. The van der Waals surface area contributed by atoms with Gasteiger partial charge in [-0.3, -0.25) is 14.9 Å². The molecular weight excluding hydrogens is 276 g/mol. The van der Waals surface area contributed by atoms with Crippen LogP contribution < -0.4 is 5.32 Å². The number of ether oxygens (including phenoxy) is 1. The summed E-state index contributed by atoms with van der Waals surface area (Å²) in [4.78, 5) is 28.4. The van der Waals surface area contributed by atoms with Crippen molar-refractivity contribution in [2.45, 2.75) is 25.5 Å². The number of nitrogens with zero attached hydrogens (tertiary/aromatic N) is 3. The quantitative estimate of drug-likeness (QED) is 0.663. The van der Waals surface area contributed by atoms with Crippen molar-refractivity contribution in [3.8, 4) is 0 Å². The molecule has 1 aliphatic rings. The van der Waals surface area contributed by atoms with Crippen LogP contribution in [0.5, 0.6) is 0 Å². The van der Waals surface area contributed by atoms with Crippen LogP contribution in [0, 0.1) is 10.1 Å². The van der Waals surface area contributed by atoms with E-state index < -0.39 is 4.92 Å². The molecule has 2 rings (SSSR count). The van der Waals surface area contributed by atoms with E-state index in [-0.39, 0.29) is 29.3 Å². The summed E-state index contributed by atoms with van der Waals surface area (Å²) in [5.74, 6) is 0.0157. The monoisotopic (exact) mass is 294 g/mol. The molecule has 2 unspecified atom stereocenters. The van der Waals surface area contributed by atoms with E-state index in [9.17, 15) is 14.9 Å². The van der Waals surface area contributed by atoms with Gasteiger partial charge in [0.15, 0.2) is 0 Å². The third kappa shape index (κ3) is 2.94. The fourth-order valence-corrected chi connectivity index (χ4v) is 2.49. The van der Waals surface area contributed by atoms with E-state index in [0.717, 1.165) is 12.6 Å². The predicted octanol–water partition coefficient (Wildman–Crippen LogP) is 1.28. The Bertz CT molecular complexity index is 563. The SMILES string of the molecule is CNc1ncc([N+](=O)[O-])cc1C(=O)N(C)C1CCOC1C. The number of rotatable bonds is 4. The second-order valence-electron chi connectivity index (χ2n) is 4.94. The van der Waals surface area contributed by atoms with Crippen LogP contribution in [0.15, 0.2) is 12.3 Å². The summed E-state index contributed by atoms with van der Waals surface area (Å²) in [6.45, 7) is 2.52. The molecule has 0 radical (unpaired) electrons. The van der Waals surface area contributed by atoms with Crippen LogP contribution in [-0.2, 0) is 4.74 Å². The normalized spacial score (nSPS) is 21.1. The van der Waals surface area contributed by atoms with Crippen molar-refractivity contribution in [2.75, 3.05) is 26.0 Å². The van der Waals surface area contributed by atoms with E-state index >= 15 is 0 Å². The molecule has 2 heterocycles. The van der Waals surface area contributed by atoms with Gasteiger partial charge in [0.1, 0.15) is 12.0 Å². The van der Waals surface area contributed by atoms with Gasteiger partial charge >= 0.3 is 0 Å². The summed E-state index contributed by atoms with van der Waals surface area (Å²) >= 11 is 0. The molecule has 114 valence electrons. The van der Waals surface area contributed by atoms with Crippen molar-refractivity contribution in [2.24, 2.45) is 0 Å². The zero-order valence-electron chi connectivity index (χ0n) is 12.2. The van der Waals surface area contributed by atoms with Gasteiger partial charge in [0.25, 0.3) is 11.6 Å². The molecule has 1 saturated heterocycles. The number of aromatic nitrogens is 1. The van der Waals surface area contributed by atoms with Crippen molar-refractivity contribution in [1.82, 2.24) is 9.88 Å². The van der Waals surface area contributed by atoms with Gasteiger partial charge in [0.05, 0.1) is 22.6 Å². The fourth-order valence-electron chi connectivity index (χ4n) is 2.49. The third-order valence-corrected chi connectivity index (χ3v) is 3.71. The van der Waals surface area contributed by atoms with E-state index in [4.69, 9.17) is 4.74 Å². The highest BCUT2D eigenvalue weighted by molar-refractivity contribution is 5.99. The van der Waals surface area contributed by atoms with Gasteiger partial charge in [-0.1, -0.05) is 0 Å². The molecule has 2 atom stereocenters. The number of hydrogen-bond donors (Lipinski definition) is 1. The molecule has 0 aromatic carbocycles. The highest BCUT2D eigenvalue weighted by Crippen LogP contribution is 2.24. The van der Waals surface area contributed by atoms with Crippen molar-refractivity contribution >= 4 is 17.4 Å². The van der Waals surface area contributed by atoms with Gasteiger partial charge in [0.2, 0.25) is 0 Å². The maximum absolute atomic E-state index is 12.6. The first kappa shape index (κ1) is 15.2. The molecule has 1 aliphatic heterocycles. The highest BCUT2D eigenvalue weighted by atomic mass is 16.6. The second kappa shape index (κ2) is 6.04. The van der Waals surface area contributed by atoms with Crippen molar-refractivity contribution in [3.05, 3.63) is 27.9 Å². The summed E-state index contributed by atoms with van der Waals surface area (Å²) in [5, 5.41) is 13.6. The van der Waals surface area contributed by atoms with E-state index in [1.807, 2.05) is 6.92 Å². The standard InChI is InChI=1S/C13H18N4O4/c1-8-11(4-5-21-8)16(3)13(18)10-6-9(17(19)20)7-15-12(10)14-2/h6-8,11H,4-5H2,1-3H3,(H,14,15). The van der Waals surface area contributed by atoms with Crippen LogP contribution in [0.4, 0.5) is 11.5 Å². The van der Waals surface area contributed by atoms with Gasteiger partial charge in [-0.2, -0.15) is 0 Å². The lowest BCUT2D eigenvalue weighted by Crippen LogP contribution is -2.41. The number of amides is 1. The molecule has 0 spiro atoms. The number of carbonyl (C=O) groups excluding carboxylic acids is 1. The van der Waals surface area contributed by atoms with Gasteiger partial charge in [-0.05, 0) is 13.3 Å². The average molecular weight is 294 g/mol. The van der Waals surface area contributed by atoms with Crippen LogP contribution in [0.2, 0.25) is 0 Å². The second-order valence-corrected chi connectivity index (χ2v) is 4.94. The lowest BCUT2D eigenvalue weighted by molar-refractivity contribution is -0.385. The smallest absolute Gasteiger partial charge is 0.288 e. The topological polar surface area (TPSA) is 97.6 Å². The third-order valence-electron chi connectivity index (χ3n) is 3.71. The minimum absolute atomic E-state index is 0.0403. The van der Waals surface area contributed by atoms with E-state index in [1.54, 1.807) is 19.0 Å². The number of nitrogens with one attached hydrogen (secondary N) is 1. The Morgan fingerprint density at radius 2 is 2.33 bits per heavy atom. The first-order valence-corrected chi connectivity index (χ1v) is 6.66. The van der Waals surface area contributed by atoms with Gasteiger partial charge < -0.3 is 15.0 Å². The Labute approximate surface area is 122 Å². The largest absolute Gasteiger partial charge is 0.376 e. The molecule has 1 fully saturated rings. The number of likely N-dealkylation sites (N-methyl/N-ethyl adjacent to an activating group) is 1. The lowest BCUT2D eigenvalue weighted by Gasteiger charge is -2.27. The number of carbonyl (C=O) groups is 1. The predicted molar refractivity (Wildman–Crippen MR) is 76.4 cm³/mol. The Morgan fingerprint density at radius 1 is 1.62 bits per heavy atom. The summed E-state index contributed by atoms with van der Waals surface area (Å²) < 4.78 is 5.46. The van der Waals surface area contributed by atoms with E-state index in [0.29, 0.717) is 12.4 Å².